The number of halogens is 1. The molecule has 0 radical (unpaired) electrons. The van der Waals surface area contributed by atoms with Crippen LogP contribution in [0, 0.1) is 5.82 Å². The Labute approximate surface area is 229 Å². The number of aromatic nitrogens is 1. The molecule has 1 aliphatic heterocycles. The number of nitrogens with zero attached hydrogens (tertiary/aromatic N) is 2. The summed E-state index contributed by atoms with van der Waals surface area (Å²) >= 11 is 1.36. The molecule has 1 fully saturated rings. The number of rotatable bonds is 9. The van der Waals surface area contributed by atoms with Crippen molar-refractivity contribution in [2.45, 2.75) is 17.4 Å². The van der Waals surface area contributed by atoms with E-state index in [-0.39, 0.29) is 29.3 Å². The van der Waals surface area contributed by atoms with Crippen LogP contribution in [0.15, 0.2) is 84.9 Å². The Morgan fingerprint density at radius 1 is 0.949 bits per heavy atom. The maximum absolute atomic E-state index is 13.4. The number of aromatic hydroxyl groups is 1. The number of carbonyl (C=O) groups excluding carboxylic acids is 1. The van der Waals surface area contributed by atoms with Crippen LogP contribution in [0.2, 0.25) is 0 Å². The van der Waals surface area contributed by atoms with Crippen molar-refractivity contribution in [1.29, 1.82) is 0 Å². The van der Waals surface area contributed by atoms with E-state index >= 15 is 0 Å². The van der Waals surface area contributed by atoms with Gasteiger partial charge >= 0.3 is 0 Å². The monoisotopic (exact) mass is 546 g/mol. The number of aliphatic hydroxyl groups is 1. The number of pyridine rings is 1. The Balaban J connectivity index is 1.38. The zero-order valence-corrected chi connectivity index (χ0v) is 22.1. The number of hydrogen-bond acceptors (Lipinski definition) is 7. The van der Waals surface area contributed by atoms with Crippen LogP contribution in [0.5, 0.6) is 17.5 Å². The molecule has 7 nitrogen and oxygen atoms in total. The first-order valence-corrected chi connectivity index (χ1v) is 13.3. The van der Waals surface area contributed by atoms with Gasteiger partial charge in [0.05, 0.1) is 26.4 Å². The number of thioether (sulfide) groups is 1. The van der Waals surface area contributed by atoms with Gasteiger partial charge in [-0.25, -0.2) is 4.39 Å². The molecule has 2 N–H and O–H groups in total. The van der Waals surface area contributed by atoms with E-state index < -0.39 is 11.4 Å². The Hall–Kier alpha value is -4.08. The summed E-state index contributed by atoms with van der Waals surface area (Å²) in [4.78, 5) is 19.5. The lowest BCUT2D eigenvalue weighted by Crippen LogP contribution is -2.57. The van der Waals surface area contributed by atoms with Gasteiger partial charge in [-0.05, 0) is 59.2 Å². The molecule has 3 aromatic carbocycles. The smallest absolute Gasteiger partial charge is 0.243 e. The number of β-lactam (4-membered cyclic amide) rings is 1. The van der Waals surface area contributed by atoms with Gasteiger partial charge in [-0.1, -0.05) is 36.4 Å². The highest BCUT2D eigenvalue weighted by Gasteiger charge is 2.49. The third-order valence-corrected chi connectivity index (χ3v) is 7.99. The third kappa shape index (κ3) is 5.41. The van der Waals surface area contributed by atoms with E-state index in [1.54, 1.807) is 61.6 Å². The highest BCUT2D eigenvalue weighted by Crippen LogP contribution is 2.46. The molecule has 39 heavy (non-hydrogen) atoms. The average molecular weight is 547 g/mol. The first kappa shape index (κ1) is 26.5. The quantitative estimate of drug-likeness (QED) is 0.267. The average Bonchev–Trinajstić information content (AvgIpc) is 2.96. The van der Waals surface area contributed by atoms with Crippen molar-refractivity contribution in [2.75, 3.05) is 24.9 Å². The summed E-state index contributed by atoms with van der Waals surface area (Å²) in [6.07, 6.45) is -0.842. The fourth-order valence-electron chi connectivity index (χ4n) is 4.60. The largest absolute Gasteiger partial charge is 0.508 e. The van der Waals surface area contributed by atoms with Crippen LogP contribution in [0.4, 0.5) is 10.1 Å². The number of anilines is 1. The van der Waals surface area contributed by atoms with Crippen LogP contribution in [0.3, 0.4) is 0 Å². The number of phenols is 1. The summed E-state index contributed by atoms with van der Waals surface area (Å²) in [5, 5.41) is 20.0. The molecular formula is C30H27FN2O5S. The highest BCUT2D eigenvalue weighted by molar-refractivity contribution is 8.00. The Morgan fingerprint density at radius 2 is 1.64 bits per heavy atom. The van der Waals surface area contributed by atoms with Crippen molar-refractivity contribution in [1.82, 2.24) is 4.98 Å². The predicted molar refractivity (Wildman–Crippen MR) is 149 cm³/mol. The second-order valence-corrected chi connectivity index (χ2v) is 10.2. The van der Waals surface area contributed by atoms with E-state index in [0.717, 1.165) is 22.4 Å². The van der Waals surface area contributed by atoms with Crippen LogP contribution in [0.25, 0.3) is 11.1 Å². The molecule has 0 unspecified atom stereocenters. The van der Waals surface area contributed by atoms with Crippen LogP contribution in [-0.2, 0) is 4.79 Å². The number of carbonyl (C=O) groups is 1. The molecule has 0 spiro atoms. The fraction of sp³-hybridized carbons (Fsp3) is 0.200. The summed E-state index contributed by atoms with van der Waals surface area (Å²) in [7, 11) is 3.09. The van der Waals surface area contributed by atoms with Gasteiger partial charge in [0.2, 0.25) is 17.7 Å². The maximum atomic E-state index is 13.4. The normalized spacial score (nSPS) is 17.4. The Bertz CT molecular complexity index is 1450. The molecule has 0 saturated carbocycles. The Kier molecular flexibility index (Phi) is 7.72. The molecular weight excluding hydrogens is 519 g/mol. The molecule has 200 valence electrons. The zero-order valence-electron chi connectivity index (χ0n) is 21.3. The second-order valence-electron chi connectivity index (χ2n) is 9.02. The van der Waals surface area contributed by atoms with Crippen molar-refractivity contribution in [3.8, 4) is 28.6 Å². The van der Waals surface area contributed by atoms with Gasteiger partial charge in [0.25, 0.3) is 0 Å². The van der Waals surface area contributed by atoms with Crippen LogP contribution in [0.1, 0.15) is 23.3 Å². The fourth-order valence-corrected chi connectivity index (χ4v) is 5.90. The minimum Gasteiger partial charge on any atom is -0.508 e. The van der Waals surface area contributed by atoms with E-state index in [1.807, 2.05) is 30.3 Å². The van der Waals surface area contributed by atoms with E-state index in [0.29, 0.717) is 17.3 Å². The van der Waals surface area contributed by atoms with Gasteiger partial charge in [-0.2, -0.15) is 4.98 Å². The number of phenolic OH excluding ortho intramolecular Hbond substituents is 1. The molecule has 5 rings (SSSR count). The lowest BCUT2D eigenvalue weighted by Gasteiger charge is -2.47. The number of methoxy groups -OCH3 is 2. The van der Waals surface area contributed by atoms with Crippen molar-refractivity contribution >= 4 is 23.4 Å². The van der Waals surface area contributed by atoms with Gasteiger partial charge in [-0.3, -0.25) is 4.79 Å². The minimum atomic E-state index is -0.842. The first-order valence-electron chi connectivity index (χ1n) is 12.3. The third-order valence-electron chi connectivity index (χ3n) is 6.66. The van der Waals surface area contributed by atoms with E-state index in [4.69, 9.17) is 9.47 Å². The van der Waals surface area contributed by atoms with Gasteiger partial charge in [0.15, 0.2) is 0 Å². The van der Waals surface area contributed by atoms with Crippen molar-refractivity contribution in [3.05, 3.63) is 102 Å². The molecule has 4 aromatic rings. The molecule has 0 bridgehead atoms. The lowest BCUT2D eigenvalue weighted by molar-refractivity contribution is -0.123. The molecule has 1 aromatic heterocycles. The minimum absolute atomic E-state index is 0.0826. The summed E-state index contributed by atoms with van der Waals surface area (Å²) in [6, 6.07) is 23.4. The summed E-state index contributed by atoms with van der Waals surface area (Å²) in [5.74, 6) is 0.833. The van der Waals surface area contributed by atoms with Crippen molar-refractivity contribution in [3.63, 3.8) is 0 Å². The molecule has 1 saturated heterocycles. The van der Waals surface area contributed by atoms with Gasteiger partial charge in [-0.15, -0.1) is 11.8 Å². The SMILES string of the molecule is COc1ccc(-c2ccc(N3C(=O)[C@H](SC[C@@H](O)c4ccc(F)cc4)[C@H]3c3ccc(O)cc3)cc2)c(OC)n1. The van der Waals surface area contributed by atoms with Gasteiger partial charge in [0, 0.05) is 23.1 Å². The van der Waals surface area contributed by atoms with Crippen LogP contribution < -0.4 is 14.4 Å². The number of aliphatic hydroxyl groups excluding tert-OH is 1. The highest BCUT2D eigenvalue weighted by atomic mass is 32.2. The number of benzene rings is 3. The van der Waals surface area contributed by atoms with E-state index in [1.165, 1.54) is 23.9 Å². The van der Waals surface area contributed by atoms with Crippen molar-refractivity contribution in [2.24, 2.45) is 0 Å². The standard InChI is InChI=1S/C30H27FN2O5S/c1-37-26-16-15-24(29(32-26)38-2)18-5-11-22(12-6-18)33-27(20-7-13-23(34)14-8-20)28(30(33)36)39-17-25(35)19-3-9-21(31)10-4-19/h3-16,25,27-28,34-35H,17H2,1-2H3/t25-,27-,28-/m1/s1. The zero-order chi connectivity index (χ0) is 27.5. The van der Waals surface area contributed by atoms with Crippen molar-refractivity contribution < 1.29 is 28.9 Å². The topological polar surface area (TPSA) is 92.1 Å². The van der Waals surface area contributed by atoms with E-state index in [9.17, 15) is 19.4 Å². The summed E-state index contributed by atoms with van der Waals surface area (Å²) in [6.45, 7) is 0. The Morgan fingerprint density at radius 3 is 2.28 bits per heavy atom. The number of hydrogen-bond donors (Lipinski definition) is 2. The van der Waals surface area contributed by atoms with E-state index in [2.05, 4.69) is 4.98 Å². The van der Waals surface area contributed by atoms with Gasteiger partial charge in [0.1, 0.15) is 16.8 Å². The number of amides is 1. The lowest BCUT2D eigenvalue weighted by atomic mass is 9.92. The maximum Gasteiger partial charge on any atom is 0.243 e. The second kappa shape index (κ2) is 11.3. The van der Waals surface area contributed by atoms with Gasteiger partial charge < -0.3 is 24.6 Å². The summed E-state index contributed by atoms with van der Waals surface area (Å²) < 4.78 is 23.9. The predicted octanol–water partition coefficient (Wildman–Crippen LogP) is 5.53. The molecule has 1 aliphatic rings. The van der Waals surface area contributed by atoms with Crippen LogP contribution in [-0.4, -0.2) is 46.3 Å². The van der Waals surface area contributed by atoms with Crippen LogP contribution >= 0.6 is 11.8 Å². The molecule has 9 heteroatoms. The first-order chi connectivity index (χ1) is 18.9. The number of ether oxygens (including phenoxy) is 2. The molecule has 0 aliphatic carbocycles. The molecule has 2 heterocycles. The molecule has 1 amide bonds. The molecule has 3 atom stereocenters. The summed E-state index contributed by atoms with van der Waals surface area (Å²) in [5.41, 5.74) is 3.84.